The number of hydrogen-bond donors (Lipinski definition) is 1. The molecule has 0 aliphatic carbocycles. The number of imide groups is 2. The number of esters is 1. The van der Waals surface area contributed by atoms with Crippen molar-refractivity contribution in [3.63, 3.8) is 0 Å². The monoisotopic (exact) mass is 386 g/mol. The van der Waals surface area contributed by atoms with Gasteiger partial charge in [0, 0.05) is 12.8 Å². The SMILES string of the molecule is O=C(COC(=O)c1cccc(N2C(=O)CCC2=O)c1)NC(=O)c1cccs1. The fourth-order valence-electron chi connectivity index (χ4n) is 2.48. The first-order valence-electron chi connectivity index (χ1n) is 7.96. The smallest absolute Gasteiger partial charge is 0.338 e. The first kappa shape index (κ1) is 18.5. The molecule has 1 aromatic carbocycles. The topological polar surface area (TPSA) is 110 Å². The maximum absolute atomic E-state index is 12.1. The Kier molecular flexibility index (Phi) is 5.41. The van der Waals surface area contributed by atoms with Gasteiger partial charge in [-0.3, -0.25) is 29.4 Å². The zero-order valence-electron chi connectivity index (χ0n) is 14.0. The number of carbonyl (C=O) groups is 5. The Hall–Kier alpha value is -3.33. The van der Waals surface area contributed by atoms with Crippen molar-refractivity contribution in [2.24, 2.45) is 0 Å². The molecule has 138 valence electrons. The molecule has 1 aliphatic rings. The van der Waals surface area contributed by atoms with Crippen molar-refractivity contribution in [1.29, 1.82) is 0 Å². The standard InChI is InChI=1S/C18H14N2O6S/c21-14(19-17(24)13-5-2-8-27-13)10-26-18(25)11-3-1-4-12(9-11)20-15(22)6-7-16(20)23/h1-5,8-9H,6-7,10H2,(H,19,21,24). The quantitative estimate of drug-likeness (QED) is 0.616. The average molecular weight is 386 g/mol. The van der Waals surface area contributed by atoms with Crippen LogP contribution in [0.15, 0.2) is 41.8 Å². The summed E-state index contributed by atoms with van der Waals surface area (Å²) in [5.41, 5.74) is 0.353. The van der Waals surface area contributed by atoms with Crippen molar-refractivity contribution in [1.82, 2.24) is 5.32 Å². The van der Waals surface area contributed by atoms with Crippen LogP contribution in [0.3, 0.4) is 0 Å². The van der Waals surface area contributed by atoms with E-state index < -0.39 is 24.4 Å². The van der Waals surface area contributed by atoms with E-state index in [1.54, 1.807) is 17.5 Å². The molecule has 9 heteroatoms. The van der Waals surface area contributed by atoms with Crippen LogP contribution in [0, 0.1) is 0 Å². The van der Waals surface area contributed by atoms with Crippen molar-refractivity contribution in [2.75, 3.05) is 11.5 Å². The molecule has 0 radical (unpaired) electrons. The molecular formula is C18H14N2O6S. The van der Waals surface area contributed by atoms with Gasteiger partial charge in [-0.25, -0.2) is 4.79 Å². The molecule has 1 aromatic heterocycles. The molecule has 1 saturated heterocycles. The lowest BCUT2D eigenvalue weighted by Crippen LogP contribution is -2.33. The Morgan fingerprint density at radius 3 is 2.48 bits per heavy atom. The highest BCUT2D eigenvalue weighted by molar-refractivity contribution is 7.12. The van der Waals surface area contributed by atoms with E-state index in [0.717, 1.165) is 4.90 Å². The summed E-state index contributed by atoms with van der Waals surface area (Å²) < 4.78 is 4.89. The van der Waals surface area contributed by atoms with E-state index in [9.17, 15) is 24.0 Å². The second-order valence-corrected chi connectivity index (χ2v) is 6.55. The predicted molar refractivity (Wildman–Crippen MR) is 95.2 cm³/mol. The number of hydrogen-bond acceptors (Lipinski definition) is 7. The summed E-state index contributed by atoms with van der Waals surface area (Å²) in [4.78, 5) is 60.6. The van der Waals surface area contributed by atoms with Gasteiger partial charge in [0.25, 0.3) is 11.8 Å². The zero-order valence-corrected chi connectivity index (χ0v) is 14.8. The molecule has 27 heavy (non-hydrogen) atoms. The van der Waals surface area contributed by atoms with Crippen LogP contribution in [0.4, 0.5) is 5.69 Å². The Morgan fingerprint density at radius 2 is 1.81 bits per heavy atom. The van der Waals surface area contributed by atoms with E-state index in [-0.39, 0.29) is 35.9 Å². The Morgan fingerprint density at radius 1 is 1.07 bits per heavy atom. The van der Waals surface area contributed by atoms with E-state index >= 15 is 0 Å². The van der Waals surface area contributed by atoms with Crippen LogP contribution in [0.1, 0.15) is 32.9 Å². The summed E-state index contributed by atoms with van der Waals surface area (Å²) in [5, 5.41) is 3.81. The fraction of sp³-hybridized carbons (Fsp3) is 0.167. The van der Waals surface area contributed by atoms with Gasteiger partial charge < -0.3 is 4.74 Å². The molecule has 8 nitrogen and oxygen atoms in total. The first-order valence-corrected chi connectivity index (χ1v) is 8.84. The average Bonchev–Trinajstić information content (AvgIpc) is 3.30. The second-order valence-electron chi connectivity index (χ2n) is 5.60. The van der Waals surface area contributed by atoms with Gasteiger partial charge in [-0.2, -0.15) is 0 Å². The number of carbonyl (C=O) groups excluding carboxylic acids is 5. The van der Waals surface area contributed by atoms with Crippen LogP contribution >= 0.6 is 11.3 Å². The van der Waals surface area contributed by atoms with Crippen LogP contribution < -0.4 is 10.2 Å². The van der Waals surface area contributed by atoms with Crippen molar-refractivity contribution < 1.29 is 28.7 Å². The van der Waals surface area contributed by atoms with E-state index in [4.69, 9.17) is 4.74 Å². The lowest BCUT2D eigenvalue weighted by atomic mass is 10.2. The van der Waals surface area contributed by atoms with Crippen LogP contribution in [0.25, 0.3) is 0 Å². The molecule has 1 fully saturated rings. The third-order valence-electron chi connectivity index (χ3n) is 3.72. The van der Waals surface area contributed by atoms with Crippen molar-refractivity contribution in [3.8, 4) is 0 Å². The molecule has 3 rings (SSSR count). The summed E-state index contributed by atoms with van der Waals surface area (Å²) in [6.45, 7) is -0.637. The Balaban J connectivity index is 1.59. The Bertz CT molecular complexity index is 906. The number of amides is 4. The minimum atomic E-state index is -0.810. The molecule has 0 unspecified atom stereocenters. The summed E-state index contributed by atoms with van der Waals surface area (Å²) in [6.07, 6.45) is 0.262. The van der Waals surface area contributed by atoms with Crippen molar-refractivity contribution in [2.45, 2.75) is 12.8 Å². The summed E-state index contributed by atoms with van der Waals surface area (Å²) >= 11 is 1.18. The molecule has 0 atom stereocenters. The van der Waals surface area contributed by atoms with E-state index in [2.05, 4.69) is 5.32 Å². The summed E-state index contributed by atoms with van der Waals surface area (Å²) in [7, 11) is 0. The van der Waals surface area contributed by atoms with Crippen molar-refractivity contribution in [3.05, 3.63) is 52.2 Å². The van der Waals surface area contributed by atoms with E-state index in [1.165, 1.54) is 35.6 Å². The van der Waals surface area contributed by atoms with Gasteiger partial charge in [-0.05, 0) is 29.6 Å². The second kappa shape index (κ2) is 7.92. The third-order valence-corrected chi connectivity index (χ3v) is 4.59. The van der Waals surface area contributed by atoms with Crippen LogP contribution in [-0.4, -0.2) is 36.2 Å². The van der Waals surface area contributed by atoms with Gasteiger partial charge in [-0.15, -0.1) is 11.3 Å². The highest BCUT2D eigenvalue weighted by Gasteiger charge is 2.30. The highest BCUT2D eigenvalue weighted by atomic mass is 32.1. The first-order chi connectivity index (χ1) is 13.0. The van der Waals surface area contributed by atoms with Gasteiger partial charge >= 0.3 is 5.97 Å². The number of benzene rings is 1. The number of ether oxygens (including phenoxy) is 1. The molecule has 4 amide bonds. The normalized spacial score (nSPS) is 13.6. The summed E-state index contributed by atoms with van der Waals surface area (Å²) in [5.74, 6) is -2.81. The summed E-state index contributed by atoms with van der Waals surface area (Å²) in [6, 6.07) is 9.05. The van der Waals surface area contributed by atoms with Gasteiger partial charge in [0.2, 0.25) is 11.8 Å². The van der Waals surface area contributed by atoms with E-state index in [1.807, 2.05) is 0 Å². The maximum Gasteiger partial charge on any atom is 0.338 e. The number of rotatable bonds is 5. The minimum absolute atomic E-state index is 0.0809. The molecule has 1 aliphatic heterocycles. The minimum Gasteiger partial charge on any atom is -0.452 e. The van der Waals surface area contributed by atoms with Gasteiger partial charge in [-0.1, -0.05) is 12.1 Å². The van der Waals surface area contributed by atoms with Crippen LogP contribution in [-0.2, 0) is 19.1 Å². The molecule has 0 saturated carbocycles. The zero-order chi connectivity index (χ0) is 19.4. The maximum atomic E-state index is 12.1. The lowest BCUT2D eigenvalue weighted by Gasteiger charge is -2.14. The van der Waals surface area contributed by atoms with E-state index in [0.29, 0.717) is 4.88 Å². The molecular weight excluding hydrogens is 372 g/mol. The fourth-order valence-corrected chi connectivity index (χ4v) is 3.10. The highest BCUT2D eigenvalue weighted by Crippen LogP contribution is 2.23. The van der Waals surface area contributed by atoms with Crippen LogP contribution in [0.2, 0.25) is 0 Å². The lowest BCUT2D eigenvalue weighted by molar-refractivity contribution is -0.123. The molecule has 2 heterocycles. The van der Waals surface area contributed by atoms with Crippen LogP contribution in [0.5, 0.6) is 0 Å². The molecule has 1 N–H and O–H groups in total. The predicted octanol–water partition coefficient (Wildman–Crippen LogP) is 1.51. The third kappa shape index (κ3) is 4.26. The van der Waals surface area contributed by atoms with Gasteiger partial charge in [0.05, 0.1) is 16.1 Å². The van der Waals surface area contributed by atoms with Gasteiger partial charge in [0.1, 0.15) is 0 Å². The number of nitrogens with one attached hydrogen (secondary N) is 1. The number of anilines is 1. The van der Waals surface area contributed by atoms with Gasteiger partial charge in [0.15, 0.2) is 6.61 Å². The molecule has 0 spiro atoms. The number of thiophene rings is 1. The Labute approximate surface area is 157 Å². The molecule has 2 aromatic rings. The number of nitrogens with zero attached hydrogens (tertiary/aromatic N) is 1. The van der Waals surface area contributed by atoms with Crippen molar-refractivity contribution >= 4 is 46.6 Å². The largest absolute Gasteiger partial charge is 0.452 e. The molecule has 0 bridgehead atoms.